The van der Waals surface area contributed by atoms with E-state index in [2.05, 4.69) is 28.9 Å². The third-order valence-electron chi connectivity index (χ3n) is 3.02. The zero-order valence-electron chi connectivity index (χ0n) is 9.40. The van der Waals surface area contributed by atoms with Crippen LogP contribution in [0, 0.1) is 19.8 Å². The second-order valence-corrected chi connectivity index (χ2v) is 4.44. The summed E-state index contributed by atoms with van der Waals surface area (Å²) in [6.45, 7) is 7.40. The lowest BCUT2D eigenvalue weighted by molar-refractivity contribution is 0.0477. The lowest BCUT2D eigenvalue weighted by atomic mass is 10.00. The Kier molecular flexibility index (Phi) is 3.03. The molecule has 2 heterocycles. The van der Waals surface area contributed by atoms with Gasteiger partial charge in [-0.05, 0) is 25.5 Å². The normalized spacial score (nSPS) is 17.8. The highest BCUT2D eigenvalue weighted by Gasteiger charge is 2.25. The molecule has 15 heavy (non-hydrogen) atoms. The molecule has 1 N–H and O–H groups in total. The van der Waals surface area contributed by atoms with Gasteiger partial charge in [0.15, 0.2) is 0 Å². The van der Waals surface area contributed by atoms with Crippen LogP contribution in [0.15, 0.2) is 12.1 Å². The van der Waals surface area contributed by atoms with Gasteiger partial charge in [-0.25, -0.2) is 0 Å². The second-order valence-electron chi connectivity index (χ2n) is 4.44. The summed E-state index contributed by atoms with van der Waals surface area (Å²) in [5, 5.41) is 8.92. The van der Waals surface area contributed by atoms with E-state index in [0.717, 1.165) is 31.0 Å². The van der Waals surface area contributed by atoms with E-state index in [1.165, 1.54) is 5.56 Å². The fourth-order valence-corrected chi connectivity index (χ4v) is 2.04. The van der Waals surface area contributed by atoms with Crippen molar-refractivity contribution < 1.29 is 5.11 Å². The van der Waals surface area contributed by atoms with Gasteiger partial charge >= 0.3 is 0 Å². The fourth-order valence-electron chi connectivity index (χ4n) is 2.04. The van der Waals surface area contributed by atoms with E-state index in [9.17, 15) is 0 Å². The van der Waals surface area contributed by atoms with Gasteiger partial charge in [0, 0.05) is 43.5 Å². The summed E-state index contributed by atoms with van der Waals surface area (Å²) in [7, 11) is 0. The topological polar surface area (TPSA) is 36.4 Å². The number of nitrogens with zero attached hydrogens (tertiary/aromatic N) is 2. The highest BCUT2D eigenvalue weighted by molar-refractivity contribution is 5.21. The first-order valence-electron chi connectivity index (χ1n) is 5.45. The number of aromatic nitrogens is 1. The summed E-state index contributed by atoms with van der Waals surface area (Å²) in [5.74, 6) is 0.490. The van der Waals surface area contributed by atoms with Gasteiger partial charge in [-0.15, -0.1) is 0 Å². The molecule has 0 aromatic carbocycles. The molecule has 0 amide bonds. The predicted molar refractivity (Wildman–Crippen MR) is 59.6 cm³/mol. The molecule has 2 rings (SSSR count). The van der Waals surface area contributed by atoms with Crippen LogP contribution in [0.5, 0.6) is 0 Å². The fraction of sp³-hybridized carbons (Fsp3) is 0.583. The molecule has 1 aromatic rings. The molecular weight excluding hydrogens is 188 g/mol. The summed E-state index contributed by atoms with van der Waals surface area (Å²) in [6, 6.07) is 4.22. The molecule has 0 atom stereocenters. The molecule has 0 unspecified atom stereocenters. The first kappa shape index (κ1) is 10.6. The van der Waals surface area contributed by atoms with Crippen molar-refractivity contribution in [2.75, 3.05) is 19.7 Å². The Hall–Kier alpha value is -0.930. The number of aliphatic hydroxyl groups excluding tert-OH is 1. The van der Waals surface area contributed by atoms with Gasteiger partial charge in [0.25, 0.3) is 0 Å². The molecule has 1 aliphatic heterocycles. The zero-order valence-corrected chi connectivity index (χ0v) is 9.40. The predicted octanol–water partition coefficient (Wildman–Crippen LogP) is 1.12. The molecule has 1 aliphatic rings. The maximum atomic E-state index is 8.92. The number of pyridine rings is 1. The first-order valence-corrected chi connectivity index (χ1v) is 5.45. The van der Waals surface area contributed by atoms with Crippen molar-refractivity contribution in [1.29, 1.82) is 0 Å². The molecule has 0 aliphatic carbocycles. The minimum Gasteiger partial charge on any atom is -0.396 e. The Bertz CT molecular complexity index is 345. The van der Waals surface area contributed by atoms with Gasteiger partial charge in [0.05, 0.1) is 0 Å². The largest absolute Gasteiger partial charge is 0.396 e. The summed E-state index contributed by atoms with van der Waals surface area (Å²) in [5.41, 5.74) is 3.51. The van der Waals surface area contributed by atoms with Crippen molar-refractivity contribution in [2.45, 2.75) is 20.4 Å². The van der Waals surface area contributed by atoms with E-state index < -0.39 is 0 Å². The molecule has 3 heteroatoms. The van der Waals surface area contributed by atoms with E-state index in [1.54, 1.807) is 0 Å². The molecule has 82 valence electrons. The lowest BCUT2D eigenvalue weighted by Gasteiger charge is -2.38. The van der Waals surface area contributed by atoms with Crippen LogP contribution < -0.4 is 0 Å². The molecule has 0 saturated carbocycles. The molecular formula is C12H18N2O. The van der Waals surface area contributed by atoms with Crippen LogP contribution in [0.1, 0.15) is 17.0 Å². The summed E-state index contributed by atoms with van der Waals surface area (Å²) in [4.78, 5) is 6.80. The highest BCUT2D eigenvalue weighted by atomic mass is 16.3. The monoisotopic (exact) mass is 206 g/mol. The van der Waals surface area contributed by atoms with Gasteiger partial charge in [-0.1, -0.05) is 6.07 Å². The van der Waals surface area contributed by atoms with Crippen LogP contribution in [0.25, 0.3) is 0 Å². The molecule has 1 aromatic heterocycles. The molecule has 1 saturated heterocycles. The van der Waals surface area contributed by atoms with Gasteiger partial charge in [-0.2, -0.15) is 0 Å². The highest BCUT2D eigenvalue weighted by Crippen LogP contribution is 2.19. The Morgan fingerprint density at radius 3 is 2.73 bits per heavy atom. The maximum absolute atomic E-state index is 8.92. The smallest absolute Gasteiger partial charge is 0.0483 e. The number of likely N-dealkylation sites (tertiary alicyclic amines) is 1. The van der Waals surface area contributed by atoms with E-state index in [-0.39, 0.29) is 0 Å². The van der Waals surface area contributed by atoms with Crippen LogP contribution in [0.2, 0.25) is 0 Å². The van der Waals surface area contributed by atoms with Gasteiger partial charge in [0.1, 0.15) is 0 Å². The Morgan fingerprint density at radius 2 is 2.13 bits per heavy atom. The lowest BCUT2D eigenvalue weighted by Crippen LogP contribution is -2.47. The van der Waals surface area contributed by atoms with Crippen molar-refractivity contribution in [1.82, 2.24) is 9.88 Å². The van der Waals surface area contributed by atoms with E-state index in [0.29, 0.717) is 12.5 Å². The van der Waals surface area contributed by atoms with E-state index in [1.807, 2.05) is 6.92 Å². The average Bonchev–Trinajstić information content (AvgIpc) is 2.13. The van der Waals surface area contributed by atoms with Crippen molar-refractivity contribution in [2.24, 2.45) is 5.92 Å². The van der Waals surface area contributed by atoms with Crippen LogP contribution in [-0.4, -0.2) is 34.7 Å². The second kappa shape index (κ2) is 4.29. The van der Waals surface area contributed by atoms with E-state index >= 15 is 0 Å². The minimum atomic E-state index is 0.321. The van der Waals surface area contributed by atoms with Gasteiger partial charge in [-0.3, -0.25) is 9.88 Å². The van der Waals surface area contributed by atoms with Crippen LogP contribution >= 0.6 is 0 Å². The SMILES string of the molecule is Cc1ccc(CN2CC(CO)C2)c(C)n1. The molecule has 3 nitrogen and oxygen atoms in total. The van der Waals surface area contributed by atoms with Crippen molar-refractivity contribution in [3.05, 3.63) is 29.1 Å². The van der Waals surface area contributed by atoms with Gasteiger partial charge < -0.3 is 5.11 Å². The quantitative estimate of drug-likeness (QED) is 0.805. The molecule has 0 radical (unpaired) electrons. The first-order chi connectivity index (χ1) is 7.19. The average molecular weight is 206 g/mol. The van der Waals surface area contributed by atoms with Crippen molar-refractivity contribution in [3.63, 3.8) is 0 Å². The maximum Gasteiger partial charge on any atom is 0.0483 e. The van der Waals surface area contributed by atoms with E-state index in [4.69, 9.17) is 5.11 Å². The number of hydrogen-bond acceptors (Lipinski definition) is 3. The summed E-state index contributed by atoms with van der Waals surface area (Å²) >= 11 is 0. The molecule has 0 spiro atoms. The number of aryl methyl sites for hydroxylation is 2. The molecule has 0 bridgehead atoms. The Balaban J connectivity index is 1.94. The summed E-state index contributed by atoms with van der Waals surface area (Å²) in [6.07, 6.45) is 0. The van der Waals surface area contributed by atoms with Gasteiger partial charge in [0.2, 0.25) is 0 Å². The van der Waals surface area contributed by atoms with Crippen LogP contribution in [0.4, 0.5) is 0 Å². The minimum absolute atomic E-state index is 0.321. The Labute approximate surface area is 90.8 Å². The van der Waals surface area contributed by atoms with Crippen LogP contribution in [-0.2, 0) is 6.54 Å². The zero-order chi connectivity index (χ0) is 10.8. The Morgan fingerprint density at radius 1 is 1.40 bits per heavy atom. The standard InChI is InChI=1S/C12H18N2O/c1-9-3-4-12(10(2)13-9)7-14-5-11(6-14)8-15/h3-4,11,15H,5-8H2,1-2H3. The molecule has 1 fully saturated rings. The number of rotatable bonds is 3. The van der Waals surface area contributed by atoms with Crippen molar-refractivity contribution in [3.8, 4) is 0 Å². The third kappa shape index (κ3) is 2.36. The summed E-state index contributed by atoms with van der Waals surface area (Å²) < 4.78 is 0. The third-order valence-corrected chi connectivity index (χ3v) is 3.02. The van der Waals surface area contributed by atoms with Crippen molar-refractivity contribution >= 4 is 0 Å². The number of hydrogen-bond donors (Lipinski definition) is 1. The number of aliphatic hydroxyl groups is 1. The van der Waals surface area contributed by atoms with Crippen LogP contribution in [0.3, 0.4) is 0 Å².